The van der Waals surface area contributed by atoms with Crippen molar-refractivity contribution in [2.24, 2.45) is 0 Å². The Morgan fingerprint density at radius 1 is 1.50 bits per heavy atom. The number of likely N-dealkylation sites (tertiary alicyclic amines) is 1. The number of nitrogens with one attached hydrogen (secondary N) is 1. The highest BCUT2D eigenvalue weighted by molar-refractivity contribution is 5.82. The number of halogens is 2. The molecule has 2 fully saturated rings. The van der Waals surface area contributed by atoms with Crippen LogP contribution >= 0.6 is 0 Å². The van der Waals surface area contributed by atoms with E-state index in [1.54, 1.807) is 11.1 Å². The predicted octanol–water partition coefficient (Wildman–Crippen LogP) is 1.20. The van der Waals surface area contributed by atoms with Crippen molar-refractivity contribution in [1.82, 2.24) is 15.2 Å². The highest BCUT2D eigenvalue weighted by atomic mass is 19.3. The number of amides is 1. The van der Waals surface area contributed by atoms with Crippen LogP contribution in [-0.2, 0) is 16.1 Å². The maximum Gasteiger partial charge on any atom is 0.262 e. The van der Waals surface area contributed by atoms with Crippen molar-refractivity contribution in [2.75, 3.05) is 19.6 Å². The van der Waals surface area contributed by atoms with Crippen molar-refractivity contribution in [3.8, 4) is 0 Å². The summed E-state index contributed by atoms with van der Waals surface area (Å²) in [6.07, 6.45) is 1.95. The summed E-state index contributed by atoms with van der Waals surface area (Å²) in [6.45, 7) is 0.981. The molecular formula is C15H19F2N3O2. The fourth-order valence-electron chi connectivity index (χ4n) is 2.86. The fourth-order valence-corrected chi connectivity index (χ4v) is 2.86. The lowest BCUT2D eigenvalue weighted by Crippen LogP contribution is -2.42. The number of aromatic nitrogens is 1. The molecule has 2 unspecified atom stereocenters. The van der Waals surface area contributed by atoms with Gasteiger partial charge in [-0.05, 0) is 18.6 Å². The first-order chi connectivity index (χ1) is 10.5. The van der Waals surface area contributed by atoms with E-state index in [0.717, 1.165) is 12.1 Å². The van der Waals surface area contributed by atoms with Gasteiger partial charge in [-0.2, -0.15) is 0 Å². The van der Waals surface area contributed by atoms with Crippen LogP contribution in [0.2, 0.25) is 0 Å². The van der Waals surface area contributed by atoms with Crippen LogP contribution in [0.3, 0.4) is 0 Å². The number of ether oxygens (including phenoxy) is 1. The Labute approximate surface area is 127 Å². The molecule has 120 valence electrons. The number of nitrogens with zero attached hydrogens (tertiary/aromatic N) is 2. The normalized spacial score (nSPS) is 27.3. The van der Waals surface area contributed by atoms with Crippen LogP contribution in [0.5, 0.6) is 0 Å². The summed E-state index contributed by atoms with van der Waals surface area (Å²) in [5, 5.41) is 2.60. The zero-order valence-electron chi connectivity index (χ0n) is 12.2. The molecule has 7 heteroatoms. The van der Waals surface area contributed by atoms with Crippen molar-refractivity contribution in [1.29, 1.82) is 0 Å². The molecule has 0 bridgehead atoms. The SMILES string of the molecule is O=C(C1CC(F)(F)CN1)N1CCC(OCc2ccccn2)C1. The van der Waals surface area contributed by atoms with Crippen LogP contribution in [-0.4, -0.2) is 53.5 Å². The second-order valence-electron chi connectivity index (χ2n) is 5.82. The van der Waals surface area contributed by atoms with Gasteiger partial charge < -0.3 is 9.64 Å². The van der Waals surface area contributed by atoms with Gasteiger partial charge in [0.2, 0.25) is 5.91 Å². The maximum atomic E-state index is 13.2. The molecule has 3 rings (SSSR count). The molecule has 0 aromatic carbocycles. The molecule has 1 N–H and O–H groups in total. The van der Waals surface area contributed by atoms with Gasteiger partial charge in [0.1, 0.15) is 0 Å². The Balaban J connectivity index is 1.47. The van der Waals surface area contributed by atoms with Gasteiger partial charge in [-0.3, -0.25) is 15.1 Å². The highest BCUT2D eigenvalue weighted by Gasteiger charge is 2.44. The molecule has 22 heavy (non-hydrogen) atoms. The molecule has 3 heterocycles. The van der Waals surface area contributed by atoms with E-state index in [2.05, 4.69) is 10.3 Å². The van der Waals surface area contributed by atoms with Crippen molar-refractivity contribution >= 4 is 5.91 Å². The Morgan fingerprint density at radius 3 is 3.05 bits per heavy atom. The largest absolute Gasteiger partial charge is 0.370 e. The summed E-state index contributed by atoms with van der Waals surface area (Å²) in [6, 6.07) is 4.83. The number of rotatable bonds is 4. The Hall–Kier alpha value is -1.60. The van der Waals surface area contributed by atoms with Gasteiger partial charge in [0.15, 0.2) is 0 Å². The molecule has 0 aliphatic carbocycles. The van der Waals surface area contributed by atoms with E-state index in [1.807, 2.05) is 18.2 Å². The van der Waals surface area contributed by atoms with Crippen LogP contribution in [0, 0.1) is 0 Å². The summed E-state index contributed by atoms with van der Waals surface area (Å²) in [5.74, 6) is -3.03. The third-order valence-corrected chi connectivity index (χ3v) is 4.06. The van der Waals surface area contributed by atoms with E-state index in [1.165, 1.54) is 0 Å². The van der Waals surface area contributed by atoms with Gasteiger partial charge in [0, 0.05) is 25.7 Å². The van der Waals surface area contributed by atoms with Crippen molar-refractivity contribution in [3.05, 3.63) is 30.1 Å². The summed E-state index contributed by atoms with van der Waals surface area (Å²) in [4.78, 5) is 18.0. The highest BCUT2D eigenvalue weighted by Crippen LogP contribution is 2.27. The minimum Gasteiger partial charge on any atom is -0.370 e. The van der Waals surface area contributed by atoms with Gasteiger partial charge in [0.25, 0.3) is 5.92 Å². The lowest BCUT2D eigenvalue weighted by atomic mass is 10.2. The molecule has 5 nitrogen and oxygen atoms in total. The zero-order chi connectivity index (χ0) is 15.6. The standard InChI is InChI=1S/C15H19F2N3O2/c16-15(17)7-13(19-10-15)14(21)20-6-4-12(8-20)22-9-11-3-1-2-5-18-11/h1-3,5,12-13,19H,4,6-10H2. The Kier molecular flexibility index (Phi) is 4.35. The molecule has 2 saturated heterocycles. The molecular weight excluding hydrogens is 292 g/mol. The molecule has 2 aliphatic heterocycles. The fraction of sp³-hybridized carbons (Fsp3) is 0.600. The lowest BCUT2D eigenvalue weighted by Gasteiger charge is -2.20. The van der Waals surface area contributed by atoms with Gasteiger partial charge in [-0.25, -0.2) is 8.78 Å². The summed E-state index contributed by atoms with van der Waals surface area (Å²) in [7, 11) is 0. The molecule has 0 radical (unpaired) electrons. The molecule has 1 amide bonds. The number of carbonyl (C=O) groups is 1. The van der Waals surface area contributed by atoms with Gasteiger partial charge in [-0.1, -0.05) is 6.07 Å². The van der Waals surface area contributed by atoms with Crippen LogP contribution in [0.15, 0.2) is 24.4 Å². The number of carbonyl (C=O) groups excluding carboxylic acids is 1. The van der Waals surface area contributed by atoms with E-state index in [0.29, 0.717) is 19.7 Å². The quantitative estimate of drug-likeness (QED) is 0.908. The first kappa shape index (κ1) is 15.3. The van der Waals surface area contributed by atoms with Crippen molar-refractivity contribution < 1.29 is 18.3 Å². The molecule has 0 spiro atoms. The second kappa shape index (κ2) is 6.26. The summed E-state index contributed by atoms with van der Waals surface area (Å²) >= 11 is 0. The smallest absolute Gasteiger partial charge is 0.262 e. The van der Waals surface area contributed by atoms with Crippen LogP contribution in [0.4, 0.5) is 8.78 Å². The van der Waals surface area contributed by atoms with E-state index in [4.69, 9.17) is 4.74 Å². The van der Waals surface area contributed by atoms with E-state index >= 15 is 0 Å². The van der Waals surface area contributed by atoms with Crippen LogP contribution in [0.25, 0.3) is 0 Å². The number of pyridine rings is 1. The van der Waals surface area contributed by atoms with E-state index in [9.17, 15) is 13.6 Å². The topological polar surface area (TPSA) is 54.5 Å². The van der Waals surface area contributed by atoms with Crippen molar-refractivity contribution in [3.63, 3.8) is 0 Å². The number of hydrogen-bond donors (Lipinski definition) is 1. The number of hydrogen-bond acceptors (Lipinski definition) is 4. The molecule has 2 aliphatic rings. The van der Waals surface area contributed by atoms with E-state index in [-0.39, 0.29) is 12.0 Å². The Morgan fingerprint density at radius 2 is 2.36 bits per heavy atom. The average Bonchev–Trinajstić information content (AvgIpc) is 3.12. The van der Waals surface area contributed by atoms with Gasteiger partial charge in [-0.15, -0.1) is 0 Å². The maximum absolute atomic E-state index is 13.2. The lowest BCUT2D eigenvalue weighted by molar-refractivity contribution is -0.133. The first-order valence-electron chi connectivity index (χ1n) is 7.45. The van der Waals surface area contributed by atoms with Crippen LogP contribution < -0.4 is 5.32 Å². The summed E-state index contributed by atoms with van der Waals surface area (Å²) in [5.41, 5.74) is 0.837. The second-order valence-corrected chi connectivity index (χ2v) is 5.82. The van der Waals surface area contributed by atoms with Gasteiger partial charge in [0.05, 0.1) is 31.0 Å². The Bertz CT molecular complexity index is 527. The third-order valence-electron chi connectivity index (χ3n) is 4.06. The third kappa shape index (κ3) is 3.59. The minimum atomic E-state index is -2.78. The summed E-state index contributed by atoms with van der Waals surface area (Å²) < 4.78 is 32.1. The zero-order valence-corrected chi connectivity index (χ0v) is 12.2. The molecule has 1 aromatic heterocycles. The number of alkyl halides is 2. The first-order valence-corrected chi connectivity index (χ1v) is 7.45. The molecule has 2 atom stereocenters. The monoisotopic (exact) mass is 311 g/mol. The van der Waals surface area contributed by atoms with E-state index < -0.39 is 24.9 Å². The predicted molar refractivity (Wildman–Crippen MR) is 75.4 cm³/mol. The van der Waals surface area contributed by atoms with Crippen LogP contribution in [0.1, 0.15) is 18.5 Å². The van der Waals surface area contributed by atoms with Crippen molar-refractivity contribution in [2.45, 2.75) is 37.5 Å². The van der Waals surface area contributed by atoms with Gasteiger partial charge >= 0.3 is 0 Å². The minimum absolute atomic E-state index is 0.0622. The average molecular weight is 311 g/mol. The molecule has 0 saturated carbocycles. The molecule has 1 aromatic rings.